The van der Waals surface area contributed by atoms with E-state index in [1.807, 2.05) is 6.92 Å². The third-order valence-electron chi connectivity index (χ3n) is 2.84. The van der Waals surface area contributed by atoms with Crippen molar-refractivity contribution >= 4 is 16.1 Å². The molecule has 0 aliphatic heterocycles. The van der Waals surface area contributed by atoms with Crippen molar-refractivity contribution in [3.05, 3.63) is 59.7 Å². The fourth-order valence-electron chi connectivity index (χ4n) is 1.53. The summed E-state index contributed by atoms with van der Waals surface area (Å²) < 4.78 is 29.6. The van der Waals surface area contributed by atoms with Crippen molar-refractivity contribution in [2.75, 3.05) is 0 Å². The van der Waals surface area contributed by atoms with Crippen LogP contribution in [0.15, 0.2) is 53.4 Å². The van der Waals surface area contributed by atoms with Crippen molar-refractivity contribution in [3.63, 3.8) is 0 Å². The van der Waals surface area contributed by atoms with Crippen molar-refractivity contribution in [1.82, 2.24) is 0 Å². The average Bonchev–Trinajstić information content (AvgIpc) is 2.47. The number of carboxylic acids is 1. The van der Waals surface area contributed by atoms with Crippen LogP contribution in [0.25, 0.3) is 0 Å². The molecule has 5 N–H and O–H groups in total. The Balaban J connectivity index is 0.000000231. The molecule has 2 aromatic carbocycles. The molecule has 2 aromatic rings. The summed E-state index contributed by atoms with van der Waals surface area (Å²) in [5.74, 6) is -0.989. The Morgan fingerprint density at radius 3 is 1.91 bits per heavy atom. The third kappa shape index (κ3) is 6.07. The normalized spacial score (nSPS) is 12.0. The van der Waals surface area contributed by atoms with Crippen LogP contribution >= 0.6 is 0 Å². The first-order valence-electron chi connectivity index (χ1n) is 6.42. The molecule has 0 bridgehead atoms. The fraction of sp³-hybridized carbons (Fsp3) is 0.133. The van der Waals surface area contributed by atoms with E-state index in [1.165, 1.54) is 36.4 Å². The first kappa shape index (κ1) is 18.6. The topological polar surface area (TPSA) is 138 Å². The Morgan fingerprint density at radius 1 is 1.04 bits per heavy atom. The number of carbonyl (C=O) groups is 1. The molecule has 0 heterocycles. The summed E-state index contributed by atoms with van der Waals surface area (Å²) in [5.41, 5.74) is 6.74. The Labute approximate surface area is 133 Å². The van der Waals surface area contributed by atoms with E-state index in [0.717, 1.165) is 5.56 Å². The number of rotatable bonds is 3. The number of carboxylic acid groups (broad SMARTS) is 1. The number of hydrogen-bond donors (Lipinski definition) is 4. The van der Waals surface area contributed by atoms with Gasteiger partial charge in [0.05, 0.1) is 4.90 Å². The molecule has 0 amide bonds. The van der Waals surface area contributed by atoms with Crippen LogP contribution < -0.4 is 5.73 Å². The summed E-state index contributed by atoms with van der Waals surface area (Å²) in [6, 6.07) is 10.7. The van der Waals surface area contributed by atoms with Gasteiger partial charge in [-0.05, 0) is 36.8 Å². The van der Waals surface area contributed by atoms with Gasteiger partial charge in [-0.15, -0.1) is 0 Å². The lowest BCUT2D eigenvalue weighted by Gasteiger charge is -2.05. The van der Waals surface area contributed by atoms with E-state index in [9.17, 15) is 13.2 Å². The molecule has 0 radical (unpaired) electrons. The fourth-order valence-corrected chi connectivity index (χ4v) is 2.01. The van der Waals surface area contributed by atoms with E-state index in [2.05, 4.69) is 0 Å². The summed E-state index contributed by atoms with van der Waals surface area (Å²) in [4.78, 5) is 10.3. The van der Waals surface area contributed by atoms with E-state index in [1.54, 1.807) is 12.1 Å². The predicted molar refractivity (Wildman–Crippen MR) is 83.7 cm³/mol. The average molecular weight is 339 g/mol. The van der Waals surface area contributed by atoms with Gasteiger partial charge in [-0.25, -0.2) is 0 Å². The quantitative estimate of drug-likeness (QED) is 0.624. The van der Waals surface area contributed by atoms with E-state index in [0.29, 0.717) is 5.56 Å². The smallest absolute Gasteiger partial charge is 0.325 e. The van der Waals surface area contributed by atoms with Crippen LogP contribution in [0.4, 0.5) is 0 Å². The van der Waals surface area contributed by atoms with Crippen molar-refractivity contribution in [2.45, 2.75) is 17.9 Å². The number of nitrogens with two attached hydrogens (primary N) is 1. The number of hydrogen-bond acceptors (Lipinski definition) is 5. The molecule has 23 heavy (non-hydrogen) atoms. The molecular formula is C15H17NO6S. The maximum absolute atomic E-state index is 10.5. The Hall–Kier alpha value is -2.42. The molecule has 0 aromatic heterocycles. The molecule has 1 unspecified atom stereocenters. The SMILES string of the molecule is Cc1ccc(S(=O)(=O)O)cc1.NC(C(=O)O)c1ccc(O)cc1. The molecule has 0 spiro atoms. The highest BCUT2D eigenvalue weighted by atomic mass is 32.2. The Morgan fingerprint density at radius 2 is 1.52 bits per heavy atom. The monoisotopic (exact) mass is 339 g/mol. The molecular weight excluding hydrogens is 322 g/mol. The van der Waals surface area contributed by atoms with Crippen LogP contribution in [-0.2, 0) is 14.9 Å². The maximum atomic E-state index is 10.5. The van der Waals surface area contributed by atoms with Crippen LogP contribution in [0.3, 0.4) is 0 Å². The minimum atomic E-state index is -4.02. The lowest BCUT2D eigenvalue weighted by molar-refractivity contribution is -0.138. The molecule has 124 valence electrons. The molecule has 8 heteroatoms. The molecule has 0 saturated heterocycles. The maximum Gasteiger partial charge on any atom is 0.325 e. The van der Waals surface area contributed by atoms with Gasteiger partial charge in [-0.1, -0.05) is 29.8 Å². The third-order valence-corrected chi connectivity index (χ3v) is 3.70. The van der Waals surface area contributed by atoms with E-state index >= 15 is 0 Å². The van der Waals surface area contributed by atoms with Crippen molar-refractivity contribution in [2.24, 2.45) is 5.73 Å². The molecule has 0 aliphatic rings. The van der Waals surface area contributed by atoms with Gasteiger partial charge < -0.3 is 15.9 Å². The van der Waals surface area contributed by atoms with Gasteiger partial charge in [-0.3, -0.25) is 9.35 Å². The van der Waals surface area contributed by atoms with E-state index < -0.39 is 22.1 Å². The lowest BCUT2D eigenvalue weighted by atomic mass is 10.1. The molecule has 0 saturated carbocycles. The summed E-state index contributed by atoms with van der Waals surface area (Å²) in [6.07, 6.45) is 0. The standard InChI is InChI=1S/C8H9NO3.C7H8O3S/c9-7(8(11)12)5-1-3-6(10)4-2-5;1-6-2-4-7(5-3-6)11(8,9)10/h1-4,7,10H,9H2,(H,11,12);2-5H,1H3,(H,8,9,10). The van der Waals surface area contributed by atoms with Crippen molar-refractivity contribution in [3.8, 4) is 5.75 Å². The summed E-state index contributed by atoms with van der Waals surface area (Å²) in [5, 5.41) is 17.4. The number of aryl methyl sites for hydroxylation is 1. The number of aliphatic carboxylic acids is 1. The van der Waals surface area contributed by atoms with Crippen molar-refractivity contribution < 1.29 is 28.0 Å². The second-order valence-corrected chi connectivity index (χ2v) is 6.12. The Kier molecular flexibility index (Phi) is 6.26. The second kappa shape index (κ2) is 7.73. The van der Waals surface area contributed by atoms with E-state index in [-0.39, 0.29) is 10.6 Å². The Bertz CT molecular complexity index is 754. The second-order valence-electron chi connectivity index (χ2n) is 4.70. The summed E-state index contributed by atoms with van der Waals surface area (Å²) >= 11 is 0. The predicted octanol–water partition coefficient (Wildman–Crippen LogP) is 1.72. The lowest BCUT2D eigenvalue weighted by Crippen LogP contribution is -2.20. The molecule has 0 fully saturated rings. The van der Waals surface area contributed by atoms with Gasteiger partial charge >= 0.3 is 5.97 Å². The van der Waals surface area contributed by atoms with Gasteiger partial charge in [-0.2, -0.15) is 8.42 Å². The van der Waals surface area contributed by atoms with Crippen LogP contribution in [0.1, 0.15) is 17.2 Å². The van der Waals surface area contributed by atoms with Crippen LogP contribution in [0, 0.1) is 6.92 Å². The zero-order chi connectivity index (χ0) is 17.6. The van der Waals surface area contributed by atoms with Crippen LogP contribution in [0.2, 0.25) is 0 Å². The number of aromatic hydroxyl groups is 1. The van der Waals surface area contributed by atoms with Gasteiger partial charge in [0.25, 0.3) is 10.1 Å². The van der Waals surface area contributed by atoms with E-state index in [4.69, 9.17) is 20.5 Å². The molecule has 2 rings (SSSR count). The summed E-state index contributed by atoms with van der Waals surface area (Å²) in [6.45, 7) is 1.84. The number of phenolic OH excluding ortho intramolecular Hbond substituents is 1. The minimum Gasteiger partial charge on any atom is -0.508 e. The van der Waals surface area contributed by atoms with Crippen LogP contribution in [0.5, 0.6) is 5.75 Å². The molecule has 0 aliphatic carbocycles. The van der Waals surface area contributed by atoms with Crippen LogP contribution in [-0.4, -0.2) is 29.2 Å². The largest absolute Gasteiger partial charge is 0.508 e. The highest BCUT2D eigenvalue weighted by molar-refractivity contribution is 7.85. The minimum absolute atomic E-state index is 0.0666. The summed E-state index contributed by atoms with van der Waals surface area (Å²) in [7, 11) is -4.02. The highest BCUT2D eigenvalue weighted by Crippen LogP contribution is 2.14. The number of benzene rings is 2. The molecule has 1 atom stereocenters. The first-order chi connectivity index (χ1) is 10.6. The van der Waals surface area contributed by atoms with Gasteiger partial charge in [0.2, 0.25) is 0 Å². The van der Waals surface area contributed by atoms with Gasteiger partial charge in [0, 0.05) is 0 Å². The molecule has 7 nitrogen and oxygen atoms in total. The van der Waals surface area contributed by atoms with Crippen molar-refractivity contribution in [1.29, 1.82) is 0 Å². The highest BCUT2D eigenvalue weighted by Gasteiger charge is 2.13. The van der Waals surface area contributed by atoms with Gasteiger partial charge in [0.15, 0.2) is 0 Å². The zero-order valence-electron chi connectivity index (χ0n) is 12.2. The van der Waals surface area contributed by atoms with Gasteiger partial charge in [0.1, 0.15) is 11.8 Å². The number of phenols is 1. The zero-order valence-corrected chi connectivity index (χ0v) is 13.1. The first-order valence-corrected chi connectivity index (χ1v) is 7.86.